The molecular formula is C25H31ClFN3O4S. The highest BCUT2D eigenvalue weighted by atomic mass is 35.5. The minimum absolute atomic E-state index is 0.0582. The number of hydrogen-bond acceptors (Lipinski definition) is 5. The van der Waals surface area contributed by atoms with Gasteiger partial charge in [0.1, 0.15) is 11.6 Å². The Kier molecular flexibility index (Phi) is 8.19. The van der Waals surface area contributed by atoms with Crippen molar-refractivity contribution in [1.82, 2.24) is 9.21 Å². The lowest BCUT2D eigenvalue weighted by atomic mass is 9.95. The van der Waals surface area contributed by atoms with Gasteiger partial charge < -0.3 is 14.5 Å². The summed E-state index contributed by atoms with van der Waals surface area (Å²) in [5.41, 5.74) is 0.904. The number of carbonyl (C=O) groups excluding carboxylic acids is 1. The summed E-state index contributed by atoms with van der Waals surface area (Å²) in [5.74, 6) is -0.104. The molecule has 1 aliphatic carbocycles. The maximum Gasteiger partial charge on any atom is 0.243 e. The highest BCUT2D eigenvalue weighted by Gasteiger charge is 2.36. The summed E-state index contributed by atoms with van der Waals surface area (Å²) in [7, 11) is -2.47. The van der Waals surface area contributed by atoms with Crippen LogP contribution in [0.3, 0.4) is 0 Å². The zero-order valence-electron chi connectivity index (χ0n) is 19.8. The fraction of sp³-hybridized carbons (Fsp3) is 0.480. The van der Waals surface area contributed by atoms with Crippen molar-refractivity contribution in [2.45, 2.75) is 43.0 Å². The van der Waals surface area contributed by atoms with Crippen LogP contribution in [0.1, 0.15) is 32.1 Å². The van der Waals surface area contributed by atoms with E-state index >= 15 is 0 Å². The normalized spacial score (nSPS) is 17.6. The van der Waals surface area contributed by atoms with E-state index in [1.807, 2.05) is 0 Å². The molecule has 1 amide bonds. The minimum atomic E-state index is -3.94. The van der Waals surface area contributed by atoms with E-state index in [2.05, 4.69) is 4.90 Å². The average molecular weight is 524 g/mol. The number of nitrogens with zero attached hydrogens (tertiary/aromatic N) is 3. The van der Waals surface area contributed by atoms with Crippen LogP contribution in [0.2, 0.25) is 5.02 Å². The smallest absolute Gasteiger partial charge is 0.243 e. The molecule has 190 valence electrons. The first-order chi connectivity index (χ1) is 16.8. The van der Waals surface area contributed by atoms with Crippen molar-refractivity contribution in [3.63, 3.8) is 0 Å². The minimum Gasteiger partial charge on any atom is -0.495 e. The van der Waals surface area contributed by atoms with Crippen molar-refractivity contribution in [2.24, 2.45) is 0 Å². The lowest BCUT2D eigenvalue weighted by Gasteiger charge is -2.38. The van der Waals surface area contributed by atoms with E-state index < -0.39 is 10.0 Å². The lowest BCUT2D eigenvalue weighted by molar-refractivity contribution is -0.132. The number of ether oxygens (including phenoxy) is 1. The summed E-state index contributed by atoms with van der Waals surface area (Å²) in [6.45, 7) is 1.95. The average Bonchev–Trinajstić information content (AvgIpc) is 2.88. The van der Waals surface area contributed by atoms with E-state index in [1.54, 1.807) is 17.0 Å². The molecule has 0 unspecified atom stereocenters. The first-order valence-electron chi connectivity index (χ1n) is 11.9. The predicted octanol–water partition coefficient (Wildman–Crippen LogP) is 4.16. The second-order valence-corrected chi connectivity index (χ2v) is 11.3. The molecule has 0 bridgehead atoms. The summed E-state index contributed by atoms with van der Waals surface area (Å²) in [6, 6.07) is 10.5. The van der Waals surface area contributed by atoms with Crippen molar-refractivity contribution in [2.75, 3.05) is 44.7 Å². The number of piperazine rings is 1. The summed E-state index contributed by atoms with van der Waals surface area (Å²) in [6.07, 6.45) is 4.40. The van der Waals surface area contributed by atoms with Crippen LogP contribution in [-0.2, 0) is 14.8 Å². The summed E-state index contributed by atoms with van der Waals surface area (Å²) < 4.78 is 47.1. The molecule has 2 aromatic rings. The molecule has 1 saturated carbocycles. The molecule has 0 radical (unpaired) electrons. The Labute approximate surface area is 211 Å². The summed E-state index contributed by atoms with van der Waals surface area (Å²) >= 11 is 6.22. The SMILES string of the molecule is COc1ccc(S(=O)(=O)N(CC(=O)N2CCN(c3ccc(F)cc3)CC2)C2CCCCC2)cc1Cl. The van der Waals surface area contributed by atoms with Gasteiger partial charge in [0.2, 0.25) is 15.9 Å². The van der Waals surface area contributed by atoms with Gasteiger partial charge in [0.15, 0.2) is 0 Å². The second kappa shape index (κ2) is 11.1. The molecule has 7 nitrogen and oxygen atoms in total. The Balaban J connectivity index is 1.49. The van der Waals surface area contributed by atoms with Gasteiger partial charge in [-0.05, 0) is 55.3 Å². The maximum absolute atomic E-state index is 13.7. The van der Waals surface area contributed by atoms with Crippen molar-refractivity contribution < 1.29 is 22.3 Å². The number of amides is 1. The van der Waals surface area contributed by atoms with Gasteiger partial charge in [-0.1, -0.05) is 30.9 Å². The standard InChI is InChI=1S/C25H31ClFN3O4S/c1-34-24-12-11-22(17-23(24)26)35(32,33)30(21-5-3-2-4-6-21)18-25(31)29-15-13-28(14-16-29)20-9-7-19(27)8-10-20/h7-12,17,21H,2-6,13-16,18H2,1H3. The van der Waals surface area contributed by atoms with Crippen LogP contribution in [0.15, 0.2) is 47.4 Å². The van der Waals surface area contributed by atoms with E-state index in [0.29, 0.717) is 31.9 Å². The molecule has 0 aromatic heterocycles. The summed E-state index contributed by atoms with van der Waals surface area (Å²) in [5, 5.41) is 0.209. The zero-order valence-corrected chi connectivity index (χ0v) is 21.4. The maximum atomic E-state index is 13.7. The van der Waals surface area contributed by atoms with Crippen LogP contribution in [-0.4, -0.2) is 69.4 Å². The molecule has 0 N–H and O–H groups in total. The topological polar surface area (TPSA) is 70.2 Å². The van der Waals surface area contributed by atoms with Gasteiger partial charge in [0, 0.05) is 37.9 Å². The number of benzene rings is 2. The van der Waals surface area contributed by atoms with Crippen molar-refractivity contribution >= 4 is 33.2 Å². The van der Waals surface area contributed by atoms with Crippen LogP contribution in [0.4, 0.5) is 10.1 Å². The van der Waals surface area contributed by atoms with Crippen LogP contribution in [0, 0.1) is 5.82 Å². The van der Waals surface area contributed by atoms with Gasteiger partial charge in [0.25, 0.3) is 0 Å². The van der Waals surface area contributed by atoms with Crippen LogP contribution in [0.25, 0.3) is 0 Å². The fourth-order valence-corrected chi connectivity index (χ4v) is 6.81. The highest BCUT2D eigenvalue weighted by Crippen LogP contribution is 2.32. The van der Waals surface area contributed by atoms with Gasteiger partial charge in [-0.25, -0.2) is 12.8 Å². The van der Waals surface area contributed by atoms with Gasteiger partial charge in [0.05, 0.1) is 23.6 Å². The Bertz CT molecular complexity index is 1130. The molecule has 2 aromatic carbocycles. The molecule has 0 spiro atoms. The largest absolute Gasteiger partial charge is 0.495 e. The Morgan fingerprint density at radius 2 is 1.71 bits per heavy atom. The molecule has 1 saturated heterocycles. The van der Waals surface area contributed by atoms with E-state index in [0.717, 1.165) is 37.8 Å². The predicted molar refractivity (Wildman–Crippen MR) is 134 cm³/mol. The first-order valence-corrected chi connectivity index (χ1v) is 13.7. The molecule has 1 heterocycles. The van der Waals surface area contributed by atoms with Crippen LogP contribution < -0.4 is 9.64 Å². The number of anilines is 1. The van der Waals surface area contributed by atoms with Crippen molar-refractivity contribution in [3.8, 4) is 5.75 Å². The first kappa shape index (κ1) is 25.7. The van der Waals surface area contributed by atoms with E-state index in [4.69, 9.17) is 16.3 Å². The number of sulfonamides is 1. The van der Waals surface area contributed by atoms with E-state index in [-0.39, 0.29) is 34.2 Å². The number of methoxy groups -OCH3 is 1. The third-order valence-electron chi connectivity index (χ3n) is 6.83. The molecule has 35 heavy (non-hydrogen) atoms. The van der Waals surface area contributed by atoms with E-state index in [9.17, 15) is 17.6 Å². The fourth-order valence-electron chi connectivity index (χ4n) is 4.82. The van der Waals surface area contributed by atoms with Crippen molar-refractivity contribution in [1.29, 1.82) is 0 Å². The number of halogens is 2. The molecule has 0 atom stereocenters. The van der Waals surface area contributed by atoms with Crippen LogP contribution in [0.5, 0.6) is 5.75 Å². The molecule has 2 aliphatic rings. The molecule has 4 rings (SSSR count). The third-order valence-corrected chi connectivity index (χ3v) is 9.02. The van der Waals surface area contributed by atoms with E-state index in [1.165, 1.54) is 41.7 Å². The van der Waals surface area contributed by atoms with Gasteiger partial charge >= 0.3 is 0 Å². The highest BCUT2D eigenvalue weighted by molar-refractivity contribution is 7.89. The molecule has 2 fully saturated rings. The Morgan fingerprint density at radius 3 is 2.31 bits per heavy atom. The molecule has 10 heteroatoms. The van der Waals surface area contributed by atoms with Gasteiger partial charge in [-0.2, -0.15) is 4.31 Å². The third kappa shape index (κ3) is 5.90. The number of hydrogen-bond donors (Lipinski definition) is 0. The zero-order chi connectivity index (χ0) is 25.0. The molecule has 1 aliphatic heterocycles. The quantitative estimate of drug-likeness (QED) is 0.545. The van der Waals surface area contributed by atoms with Crippen LogP contribution >= 0.6 is 11.6 Å². The Morgan fingerprint density at radius 1 is 1.06 bits per heavy atom. The second-order valence-electron chi connectivity index (χ2n) is 8.98. The Hall–Kier alpha value is -2.36. The number of carbonyl (C=O) groups is 1. The van der Waals surface area contributed by atoms with Gasteiger partial charge in [-0.3, -0.25) is 4.79 Å². The summed E-state index contributed by atoms with van der Waals surface area (Å²) in [4.78, 5) is 17.2. The van der Waals surface area contributed by atoms with Crippen molar-refractivity contribution in [3.05, 3.63) is 53.3 Å². The van der Waals surface area contributed by atoms with Gasteiger partial charge in [-0.15, -0.1) is 0 Å². The number of rotatable bonds is 7. The lowest BCUT2D eigenvalue weighted by Crippen LogP contribution is -2.53. The molecular weight excluding hydrogens is 493 g/mol. The monoisotopic (exact) mass is 523 g/mol.